The summed E-state index contributed by atoms with van der Waals surface area (Å²) in [7, 11) is -0.793. The first-order chi connectivity index (χ1) is 19.9. The highest BCUT2D eigenvalue weighted by Crippen LogP contribution is 2.33. The summed E-state index contributed by atoms with van der Waals surface area (Å²) < 4.78 is 79.8. The molecule has 0 fully saturated rings. The van der Waals surface area contributed by atoms with Gasteiger partial charge >= 0.3 is 12.3 Å². The molecule has 0 heterocycles. The average molecular weight is 600 g/mol. The minimum atomic E-state index is -4.79. The maximum absolute atomic E-state index is 14.0. The van der Waals surface area contributed by atoms with Gasteiger partial charge in [-0.2, -0.15) is 0 Å². The molecule has 0 spiro atoms. The van der Waals surface area contributed by atoms with Gasteiger partial charge in [0.2, 0.25) is 0 Å². The molecule has 0 aliphatic heterocycles. The zero-order valence-electron chi connectivity index (χ0n) is 22.4. The average Bonchev–Trinajstić information content (AvgIpc) is 2.91. The Bertz CT molecular complexity index is 1560. The van der Waals surface area contributed by atoms with Crippen molar-refractivity contribution in [3.8, 4) is 23.3 Å². The highest BCUT2D eigenvalue weighted by atomic mass is 32.2. The normalized spacial score (nSPS) is 12.1. The van der Waals surface area contributed by atoms with Crippen LogP contribution >= 0.6 is 0 Å². The standard InChI is InChI=1S/C32H24F5O4S/c1-31(2,17-16-22-8-10-26(11-9-22)40-32(35,36)37)41-30(38)21-39-25-12-14-28(15-13-25)42(27-6-4-3-5-7-27)29-19-23(33)18-24(34)20-29/h3-15,18-20H,21H2,1-2H3/q+1. The van der Waals surface area contributed by atoms with Crippen molar-refractivity contribution in [1.82, 2.24) is 0 Å². The first-order valence-corrected chi connectivity index (χ1v) is 13.7. The van der Waals surface area contributed by atoms with Crippen LogP contribution in [0.5, 0.6) is 11.5 Å². The van der Waals surface area contributed by atoms with Crippen molar-refractivity contribution in [2.75, 3.05) is 6.61 Å². The van der Waals surface area contributed by atoms with E-state index < -0.39 is 47.1 Å². The monoisotopic (exact) mass is 599 g/mol. The van der Waals surface area contributed by atoms with Crippen molar-refractivity contribution in [3.05, 3.63) is 114 Å². The molecule has 0 N–H and O–H groups in total. The van der Waals surface area contributed by atoms with Gasteiger partial charge in [0.15, 0.2) is 26.9 Å². The van der Waals surface area contributed by atoms with Gasteiger partial charge < -0.3 is 14.2 Å². The number of benzene rings is 4. The van der Waals surface area contributed by atoms with Crippen molar-refractivity contribution in [3.63, 3.8) is 0 Å². The fraction of sp³-hybridized carbons (Fsp3) is 0.156. The van der Waals surface area contributed by atoms with Crippen LogP contribution in [-0.4, -0.2) is 24.5 Å². The summed E-state index contributed by atoms with van der Waals surface area (Å²) in [5.74, 6) is 3.50. The highest BCUT2D eigenvalue weighted by molar-refractivity contribution is 7.97. The number of halogens is 5. The summed E-state index contributed by atoms with van der Waals surface area (Å²) in [4.78, 5) is 14.6. The van der Waals surface area contributed by atoms with Crippen LogP contribution in [0.3, 0.4) is 0 Å². The second-order valence-corrected chi connectivity index (χ2v) is 11.3. The minimum Gasteiger partial charge on any atom is -0.482 e. The van der Waals surface area contributed by atoms with E-state index in [-0.39, 0.29) is 5.75 Å². The zero-order chi connectivity index (χ0) is 30.3. The molecule has 0 saturated heterocycles. The fourth-order valence-electron chi connectivity index (χ4n) is 3.73. The molecular formula is C32H24F5O4S+. The molecule has 4 nitrogen and oxygen atoms in total. The fourth-order valence-corrected chi connectivity index (χ4v) is 5.84. The summed E-state index contributed by atoms with van der Waals surface area (Å²) in [6.45, 7) is 2.72. The minimum absolute atomic E-state index is 0.372. The van der Waals surface area contributed by atoms with Gasteiger partial charge in [-0.15, -0.1) is 13.2 Å². The smallest absolute Gasteiger partial charge is 0.482 e. The molecule has 4 aromatic rings. The van der Waals surface area contributed by atoms with Crippen LogP contribution < -0.4 is 9.47 Å². The van der Waals surface area contributed by atoms with Crippen LogP contribution in [0, 0.1) is 23.5 Å². The Balaban J connectivity index is 1.38. The Hall–Kier alpha value is -4.49. The molecule has 0 aliphatic carbocycles. The highest BCUT2D eigenvalue weighted by Gasteiger charge is 2.31. The summed E-state index contributed by atoms with van der Waals surface area (Å²) in [5, 5.41) is 0. The molecule has 10 heteroatoms. The van der Waals surface area contributed by atoms with Gasteiger partial charge in [0.25, 0.3) is 0 Å². The molecule has 0 aromatic heterocycles. The topological polar surface area (TPSA) is 44.8 Å². The summed E-state index contributed by atoms with van der Waals surface area (Å²) in [5.41, 5.74) is -0.809. The van der Waals surface area contributed by atoms with E-state index in [2.05, 4.69) is 16.6 Å². The molecule has 1 unspecified atom stereocenters. The van der Waals surface area contributed by atoms with Crippen molar-refractivity contribution >= 4 is 16.9 Å². The summed E-state index contributed by atoms with van der Waals surface area (Å²) in [6, 6.07) is 24.6. The lowest BCUT2D eigenvalue weighted by Crippen LogP contribution is -2.29. The lowest BCUT2D eigenvalue weighted by molar-refractivity contribution is -0.274. The van der Waals surface area contributed by atoms with E-state index in [0.717, 1.165) is 28.0 Å². The van der Waals surface area contributed by atoms with Gasteiger partial charge in [0.05, 0.1) is 10.9 Å². The zero-order valence-corrected chi connectivity index (χ0v) is 23.2. The van der Waals surface area contributed by atoms with E-state index in [1.165, 1.54) is 24.3 Å². The summed E-state index contributed by atoms with van der Waals surface area (Å²) >= 11 is 0. The quantitative estimate of drug-likeness (QED) is 0.0901. The Morgan fingerprint density at radius 2 is 1.33 bits per heavy atom. The lowest BCUT2D eigenvalue weighted by Gasteiger charge is -2.19. The van der Waals surface area contributed by atoms with E-state index in [9.17, 15) is 26.7 Å². The first-order valence-electron chi connectivity index (χ1n) is 12.5. The van der Waals surface area contributed by atoms with Crippen LogP contribution in [0.1, 0.15) is 19.4 Å². The number of hydrogen-bond donors (Lipinski definition) is 0. The molecule has 0 radical (unpaired) electrons. The van der Waals surface area contributed by atoms with E-state index in [0.29, 0.717) is 16.2 Å². The summed E-state index contributed by atoms with van der Waals surface area (Å²) in [6.07, 6.45) is -4.79. The Morgan fingerprint density at radius 3 is 1.93 bits per heavy atom. The van der Waals surface area contributed by atoms with Gasteiger partial charge in [-0.25, -0.2) is 13.6 Å². The molecule has 0 bridgehead atoms. The number of alkyl halides is 3. The predicted octanol–water partition coefficient (Wildman–Crippen LogP) is 7.71. The Labute approximate surface area is 242 Å². The van der Waals surface area contributed by atoms with Gasteiger partial charge in [-0.3, -0.25) is 0 Å². The van der Waals surface area contributed by atoms with Crippen LogP contribution in [0.25, 0.3) is 0 Å². The Morgan fingerprint density at radius 1 is 0.762 bits per heavy atom. The van der Waals surface area contributed by atoms with E-state index >= 15 is 0 Å². The van der Waals surface area contributed by atoms with Gasteiger partial charge in [0, 0.05) is 23.8 Å². The lowest BCUT2D eigenvalue weighted by atomic mass is 10.1. The number of carbonyl (C=O) groups is 1. The molecule has 42 heavy (non-hydrogen) atoms. The molecule has 4 aromatic carbocycles. The SMILES string of the molecule is CC(C)(C#Cc1ccc(OC(F)(F)F)cc1)OC(=O)COc1ccc([S+](c2ccccc2)c2cc(F)cc(F)c2)cc1. The van der Waals surface area contributed by atoms with Crippen LogP contribution in [0.15, 0.2) is 112 Å². The van der Waals surface area contributed by atoms with Crippen molar-refractivity contribution in [2.24, 2.45) is 0 Å². The second-order valence-electron chi connectivity index (χ2n) is 9.29. The number of hydrogen-bond acceptors (Lipinski definition) is 4. The third-order valence-electron chi connectivity index (χ3n) is 5.43. The molecule has 0 aliphatic rings. The third-order valence-corrected chi connectivity index (χ3v) is 7.63. The van der Waals surface area contributed by atoms with E-state index in [1.54, 1.807) is 38.1 Å². The molecule has 216 valence electrons. The number of ether oxygens (including phenoxy) is 3. The van der Waals surface area contributed by atoms with E-state index in [4.69, 9.17) is 9.47 Å². The maximum atomic E-state index is 14.0. The van der Waals surface area contributed by atoms with Gasteiger partial charge in [0.1, 0.15) is 23.1 Å². The molecule has 0 amide bonds. The maximum Gasteiger partial charge on any atom is 0.573 e. The molecule has 1 atom stereocenters. The number of carbonyl (C=O) groups excluding carboxylic acids is 1. The van der Waals surface area contributed by atoms with Crippen LogP contribution in [0.4, 0.5) is 22.0 Å². The van der Waals surface area contributed by atoms with Crippen molar-refractivity contribution in [1.29, 1.82) is 0 Å². The largest absolute Gasteiger partial charge is 0.573 e. The van der Waals surface area contributed by atoms with Gasteiger partial charge in [-0.05, 0) is 74.5 Å². The van der Waals surface area contributed by atoms with Crippen LogP contribution in [-0.2, 0) is 20.4 Å². The Kier molecular flexibility index (Phi) is 9.43. The molecule has 0 saturated carbocycles. The van der Waals surface area contributed by atoms with Crippen LogP contribution in [0.2, 0.25) is 0 Å². The predicted molar refractivity (Wildman–Crippen MR) is 147 cm³/mol. The van der Waals surface area contributed by atoms with Crippen molar-refractivity contribution in [2.45, 2.75) is 40.5 Å². The second kappa shape index (κ2) is 13.0. The first kappa shape index (κ1) is 30.5. The van der Waals surface area contributed by atoms with Gasteiger partial charge in [-0.1, -0.05) is 30.0 Å². The molecular weight excluding hydrogens is 575 g/mol. The number of rotatable bonds is 8. The molecule has 4 rings (SSSR count). The van der Waals surface area contributed by atoms with Crippen molar-refractivity contribution < 1.29 is 41.0 Å². The van der Waals surface area contributed by atoms with E-state index in [1.807, 2.05) is 30.3 Å². The third kappa shape index (κ3) is 9.01. The number of esters is 1.